The van der Waals surface area contributed by atoms with Crippen molar-refractivity contribution in [3.63, 3.8) is 0 Å². The molecule has 2 rings (SSSR count). The fourth-order valence-corrected chi connectivity index (χ4v) is 3.88. The molecule has 1 saturated heterocycles. The first-order valence-electron chi connectivity index (χ1n) is 6.42. The van der Waals surface area contributed by atoms with Gasteiger partial charge < -0.3 is 9.84 Å². The van der Waals surface area contributed by atoms with Crippen molar-refractivity contribution in [1.29, 1.82) is 0 Å². The summed E-state index contributed by atoms with van der Waals surface area (Å²) in [6.45, 7) is 4.12. The van der Waals surface area contributed by atoms with Crippen LogP contribution in [0.5, 0.6) is 5.75 Å². The molecule has 106 valence electrons. The zero-order chi connectivity index (χ0) is 14.1. The Bertz CT molecular complexity index is 529. The van der Waals surface area contributed by atoms with Crippen LogP contribution in [0.1, 0.15) is 24.0 Å². The lowest BCUT2D eigenvalue weighted by molar-refractivity contribution is -0.0128. The maximum absolute atomic E-state index is 11.3. The summed E-state index contributed by atoms with van der Waals surface area (Å²) in [6.07, 6.45) is 0.500. The summed E-state index contributed by atoms with van der Waals surface area (Å²) >= 11 is 0. The van der Waals surface area contributed by atoms with Crippen LogP contribution < -0.4 is 4.74 Å². The van der Waals surface area contributed by atoms with Gasteiger partial charge >= 0.3 is 0 Å². The molecule has 0 saturated carbocycles. The third kappa shape index (κ3) is 3.94. The van der Waals surface area contributed by atoms with Crippen LogP contribution in [0.4, 0.5) is 0 Å². The first-order chi connectivity index (χ1) is 8.78. The largest absolute Gasteiger partial charge is 0.491 e. The summed E-state index contributed by atoms with van der Waals surface area (Å²) in [4.78, 5) is 0. The van der Waals surface area contributed by atoms with E-state index >= 15 is 0 Å². The minimum Gasteiger partial charge on any atom is -0.491 e. The number of hydrogen-bond donors (Lipinski definition) is 1. The van der Waals surface area contributed by atoms with Gasteiger partial charge in [-0.3, -0.25) is 0 Å². The lowest BCUT2D eigenvalue weighted by Crippen LogP contribution is -2.43. The van der Waals surface area contributed by atoms with Crippen LogP contribution in [0.2, 0.25) is 0 Å². The Hall–Kier alpha value is -1.07. The van der Waals surface area contributed by atoms with Crippen molar-refractivity contribution in [2.45, 2.75) is 32.3 Å². The minimum absolute atomic E-state index is 0.0414. The summed E-state index contributed by atoms with van der Waals surface area (Å²) in [5.41, 5.74) is 1.18. The monoisotopic (exact) mass is 284 g/mol. The fraction of sp³-hybridized carbons (Fsp3) is 0.571. The second-order valence-corrected chi connectivity index (χ2v) is 7.79. The third-order valence-electron chi connectivity index (χ3n) is 3.46. The Labute approximate surface area is 114 Å². The molecular weight excluding hydrogens is 264 g/mol. The van der Waals surface area contributed by atoms with Crippen molar-refractivity contribution in [1.82, 2.24) is 0 Å². The molecule has 0 aromatic heterocycles. The van der Waals surface area contributed by atoms with Gasteiger partial charge in [0.2, 0.25) is 0 Å². The average molecular weight is 284 g/mol. The highest BCUT2D eigenvalue weighted by atomic mass is 32.2. The van der Waals surface area contributed by atoms with Gasteiger partial charge in [-0.05, 0) is 49.9 Å². The van der Waals surface area contributed by atoms with Crippen molar-refractivity contribution in [3.8, 4) is 5.75 Å². The molecule has 1 aromatic rings. The van der Waals surface area contributed by atoms with Crippen molar-refractivity contribution >= 4 is 9.84 Å². The zero-order valence-corrected chi connectivity index (χ0v) is 12.2. The Balaban J connectivity index is 1.98. The van der Waals surface area contributed by atoms with E-state index in [2.05, 4.69) is 6.07 Å². The first kappa shape index (κ1) is 14.3. The molecule has 0 spiro atoms. The smallest absolute Gasteiger partial charge is 0.150 e. The molecule has 1 N–H and O–H groups in total. The van der Waals surface area contributed by atoms with Gasteiger partial charge in [-0.25, -0.2) is 8.42 Å². The van der Waals surface area contributed by atoms with E-state index in [1.165, 1.54) is 0 Å². The van der Waals surface area contributed by atoms with Gasteiger partial charge in [0.05, 0.1) is 11.5 Å². The van der Waals surface area contributed by atoms with Crippen molar-refractivity contribution in [2.75, 3.05) is 18.1 Å². The molecule has 0 aliphatic carbocycles. The Kier molecular flexibility index (Phi) is 3.87. The molecule has 1 fully saturated rings. The number of benzene rings is 1. The summed E-state index contributed by atoms with van der Waals surface area (Å²) in [7, 11) is -2.97. The van der Waals surface area contributed by atoms with Crippen LogP contribution in [0.15, 0.2) is 18.2 Å². The topological polar surface area (TPSA) is 63.6 Å². The van der Waals surface area contributed by atoms with Crippen LogP contribution in [-0.4, -0.2) is 37.2 Å². The molecule has 1 aromatic carbocycles. The molecule has 1 aliphatic heterocycles. The molecule has 19 heavy (non-hydrogen) atoms. The van der Waals surface area contributed by atoms with E-state index in [9.17, 15) is 13.5 Å². The fourth-order valence-electron chi connectivity index (χ4n) is 2.30. The van der Waals surface area contributed by atoms with Gasteiger partial charge in [-0.2, -0.15) is 0 Å². The van der Waals surface area contributed by atoms with Gasteiger partial charge in [-0.15, -0.1) is 0 Å². The summed E-state index contributed by atoms with van der Waals surface area (Å²) in [5.74, 6) is 0.804. The normalized spacial score (nSPS) is 21.0. The SMILES string of the molecule is Cc1cc(C)cc(OCC2(O)CCS(=O)(=O)CC2)c1. The van der Waals surface area contributed by atoms with Crippen LogP contribution in [0.25, 0.3) is 0 Å². The molecule has 0 bridgehead atoms. The van der Waals surface area contributed by atoms with Gasteiger partial charge in [0.25, 0.3) is 0 Å². The standard InChI is InChI=1S/C14H20O4S/c1-11-7-12(2)9-13(8-11)18-10-14(15)3-5-19(16,17)6-4-14/h7-9,15H,3-6,10H2,1-2H3. The maximum atomic E-state index is 11.3. The number of hydrogen-bond acceptors (Lipinski definition) is 4. The van der Waals surface area contributed by atoms with E-state index in [1.54, 1.807) is 0 Å². The number of aliphatic hydroxyl groups is 1. The van der Waals surface area contributed by atoms with Crippen molar-refractivity contribution in [2.24, 2.45) is 0 Å². The van der Waals surface area contributed by atoms with Gasteiger partial charge in [0, 0.05) is 0 Å². The van der Waals surface area contributed by atoms with Gasteiger partial charge in [0.1, 0.15) is 18.0 Å². The van der Waals surface area contributed by atoms with Crippen LogP contribution in [-0.2, 0) is 9.84 Å². The maximum Gasteiger partial charge on any atom is 0.150 e. The van der Waals surface area contributed by atoms with E-state index in [-0.39, 0.29) is 31.0 Å². The quantitative estimate of drug-likeness (QED) is 0.916. The number of ether oxygens (including phenoxy) is 1. The van der Waals surface area contributed by atoms with Crippen LogP contribution in [0.3, 0.4) is 0 Å². The molecule has 0 radical (unpaired) electrons. The summed E-state index contributed by atoms with van der Waals surface area (Å²) in [6, 6.07) is 5.88. The minimum atomic E-state index is -2.97. The van der Waals surface area contributed by atoms with Crippen LogP contribution in [0, 0.1) is 13.8 Å². The lowest BCUT2D eigenvalue weighted by atomic mass is 9.98. The second-order valence-electron chi connectivity index (χ2n) is 5.49. The van der Waals surface area contributed by atoms with Gasteiger partial charge in [0.15, 0.2) is 9.84 Å². The Morgan fingerprint density at radius 3 is 2.21 bits per heavy atom. The highest BCUT2D eigenvalue weighted by Gasteiger charge is 2.36. The highest BCUT2D eigenvalue weighted by Crippen LogP contribution is 2.25. The first-order valence-corrected chi connectivity index (χ1v) is 8.24. The molecule has 1 heterocycles. The number of rotatable bonds is 3. The summed E-state index contributed by atoms with van der Waals surface area (Å²) in [5, 5.41) is 10.3. The molecule has 0 unspecified atom stereocenters. The van der Waals surface area contributed by atoms with Crippen molar-refractivity contribution < 1.29 is 18.3 Å². The second kappa shape index (κ2) is 5.13. The van der Waals surface area contributed by atoms with E-state index in [0.717, 1.165) is 16.9 Å². The average Bonchev–Trinajstić information content (AvgIpc) is 2.30. The Morgan fingerprint density at radius 2 is 1.68 bits per heavy atom. The van der Waals surface area contributed by atoms with Gasteiger partial charge in [-0.1, -0.05) is 6.07 Å². The molecule has 0 amide bonds. The zero-order valence-electron chi connectivity index (χ0n) is 11.3. The summed E-state index contributed by atoms with van der Waals surface area (Å²) < 4.78 is 28.3. The molecule has 1 aliphatic rings. The third-order valence-corrected chi connectivity index (χ3v) is 5.11. The van der Waals surface area contributed by atoms with Crippen molar-refractivity contribution in [3.05, 3.63) is 29.3 Å². The molecule has 4 nitrogen and oxygen atoms in total. The molecular formula is C14H20O4S. The predicted molar refractivity (Wildman–Crippen MR) is 74.2 cm³/mol. The lowest BCUT2D eigenvalue weighted by Gasteiger charge is -2.31. The number of sulfone groups is 1. The number of aryl methyl sites for hydroxylation is 2. The Morgan fingerprint density at radius 1 is 1.16 bits per heavy atom. The molecule has 5 heteroatoms. The predicted octanol–water partition coefficient (Wildman–Crippen LogP) is 1.62. The van der Waals surface area contributed by atoms with E-state index in [4.69, 9.17) is 4.74 Å². The van der Waals surface area contributed by atoms with E-state index in [0.29, 0.717) is 0 Å². The van der Waals surface area contributed by atoms with Crippen LogP contribution >= 0.6 is 0 Å². The van der Waals surface area contributed by atoms with E-state index in [1.807, 2.05) is 26.0 Å². The van der Waals surface area contributed by atoms with E-state index < -0.39 is 15.4 Å². The molecule has 0 atom stereocenters. The highest BCUT2D eigenvalue weighted by molar-refractivity contribution is 7.91.